The molecule has 0 rings (SSSR count). The highest BCUT2D eigenvalue weighted by molar-refractivity contribution is 7.40. The van der Waals surface area contributed by atoms with Gasteiger partial charge in [0.25, 0.3) is 0 Å². The molecule has 1 atom stereocenters. The Bertz CT molecular complexity index is 112. The minimum atomic E-state index is -1.09. The second-order valence-corrected chi connectivity index (χ2v) is 5.21. The van der Waals surface area contributed by atoms with Gasteiger partial charge in [-0.1, -0.05) is 45.4 Å². The van der Waals surface area contributed by atoms with Gasteiger partial charge in [0, 0.05) is 0 Å². The summed E-state index contributed by atoms with van der Waals surface area (Å²) in [6.07, 6.45) is 10.6. The molecule has 0 bridgehead atoms. The predicted molar refractivity (Wildman–Crippen MR) is 66.2 cm³/mol. The van der Waals surface area contributed by atoms with Crippen molar-refractivity contribution in [2.75, 3.05) is 12.2 Å². The fraction of sp³-hybridized carbons (Fsp3) is 1.00. The summed E-state index contributed by atoms with van der Waals surface area (Å²) in [5, 5.41) is 17.2. The zero-order valence-corrected chi connectivity index (χ0v) is 10.3. The molecule has 1 unspecified atom stereocenters. The molecule has 0 fully saturated rings. The van der Waals surface area contributed by atoms with Gasteiger partial charge in [-0.15, -0.1) is 8.58 Å². The predicted octanol–water partition coefficient (Wildman–Crippen LogP) is 2.43. The quantitative estimate of drug-likeness (QED) is 0.336. The second kappa shape index (κ2) is 11.5. The standard InChI is InChI=1S/C10H24BO2P/c1-2-3-4-5-6-7-8-9-14-10-11(12)13/h12-14H,2-10H2,1H3. The van der Waals surface area contributed by atoms with Crippen LogP contribution in [0.25, 0.3) is 0 Å². The van der Waals surface area contributed by atoms with E-state index < -0.39 is 7.12 Å². The molecule has 0 saturated heterocycles. The molecule has 4 heteroatoms. The lowest BCUT2D eigenvalue weighted by Crippen LogP contribution is -2.13. The van der Waals surface area contributed by atoms with Crippen molar-refractivity contribution >= 4 is 15.7 Å². The fourth-order valence-electron chi connectivity index (χ4n) is 1.44. The molecular weight excluding hydrogens is 194 g/mol. The molecule has 0 aromatic heterocycles. The molecule has 0 aliphatic heterocycles. The lowest BCUT2D eigenvalue weighted by Gasteiger charge is -2.01. The highest BCUT2D eigenvalue weighted by Crippen LogP contribution is 2.14. The number of rotatable bonds is 10. The molecule has 2 N–H and O–H groups in total. The topological polar surface area (TPSA) is 40.5 Å². The van der Waals surface area contributed by atoms with Gasteiger partial charge in [-0.2, -0.15) is 0 Å². The summed E-state index contributed by atoms with van der Waals surface area (Å²) in [5.74, 6) is 0. The van der Waals surface area contributed by atoms with E-state index in [1.807, 2.05) is 0 Å². The van der Waals surface area contributed by atoms with Crippen LogP contribution in [0, 0.1) is 0 Å². The van der Waals surface area contributed by atoms with E-state index in [4.69, 9.17) is 10.0 Å². The average Bonchev–Trinajstić information content (AvgIpc) is 2.15. The van der Waals surface area contributed by atoms with Crippen LogP contribution >= 0.6 is 8.58 Å². The molecule has 0 spiro atoms. The van der Waals surface area contributed by atoms with Crippen LogP contribution in [0.2, 0.25) is 0 Å². The van der Waals surface area contributed by atoms with Crippen molar-refractivity contribution in [3.63, 3.8) is 0 Å². The summed E-state index contributed by atoms with van der Waals surface area (Å²) in [6, 6.07) is 0.565. The first-order valence-electron chi connectivity index (χ1n) is 5.84. The second-order valence-electron chi connectivity index (χ2n) is 3.81. The van der Waals surface area contributed by atoms with Crippen molar-refractivity contribution in [3.05, 3.63) is 0 Å². The summed E-state index contributed by atoms with van der Waals surface area (Å²) >= 11 is 0. The van der Waals surface area contributed by atoms with Gasteiger partial charge >= 0.3 is 7.12 Å². The van der Waals surface area contributed by atoms with Crippen molar-refractivity contribution in [2.24, 2.45) is 0 Å². The third-order valence-electron chi connectivity index (χ3n) is 2.28. The lowest BCUT2D eigenvalue weighted by molar-refractivity contribution is 0.415. The molecule has 0 saturated carbocycles. The zero-order chi connectivity index (χ0) is 10.6. The Morgan fingerprint density at radius 1 is 0.929 bits per heavy atom. The first-order valence-corrected chi connectivity index (χ1v) is 7.25. The molecule has 0 aromatic rings. The van der Waals surface area contributed by atoms with Crippen LogP contribution in [0.15, 0.2) is 0 Å². The minimum Gasteiger partial charge on any atom is -0.427 e. The van der Waals surface area contributed by atoms with Gasteiger partial charge in [0.2, 0.25) is 0 Å². The molecular formula is C10H24BO2P. The van der Waals surface area contributed by atoms with E-state index in [-0.39, 0.29) is 0 Å². The van der Waals surface area contributed by atoms with Gasteiger partial charge in [0.15, 0.2) is 0 Å². The average molecular weight is 218 g/mol. The summed E-state index contributed by atoms with van der Waals surface area (Å²) in [5.41, 5.74) is 0. The van der Waals surface area contributed by atoms with Crippen LogP contribution in [-0.4, -0.2) is 29.4 Å². The van der Waals surface area contributed by atoms with Crippen molar-refractivity contribution < 1.29 is 10.0 Å². The first-order chi connectivity index (χ1) is 6.77. The molecule has 14 heavy (non-hydrogen) atoms. The van der Waals surface area contributed by atoms with Crippen molar-refractivity contribution in [1.82, 2.24) is 0 Å². The van der Waals surface area contributed by atoms with Crippen molar-refractivity contribution in [1.29, 1.82) is 0 Å². The summed E-state index contributed by atoms with van der Waals surface area (Å²) < 4.78 is 0. The Morgan fingerprint density at radius 3 is 2.07 bits per heavy atom. The largest absolute Gasteiger partial charge is 0.455 e. The molecule has 0 heterocycles. The third kappa shape index (κ3) is 12.4. The Morgan fingerprint density at radius 2 is 1.50 bits per heavy atom. The van der Waals surface area contributed by atoms with E-state index >= 15 is 0 Å². The molecule has 0 aromatic carbocycles. The van der Waals surface area contributed by atoms with Crippen LogP contribution in [0.4, 0.5) is 0 Å². The van der Waals surface area contributed by atoms with Crippen molar-refractivity contribution in [3.8, 4) is 0 Å². The van der Waals surface area contributed by atoms with Crippen LogP contribution in [0.5, 0.6) is 0 Å². The smallest absolute Gasteiger partial charge is 0.427 e. The monoisotopic (exact) mass is 218 g/mol. The molecule has 0 radical (unpaired) electrons. The van der Waals surface area contributed by atoms with E-state index in [1.54, 1.807) is 0 Å². The van der Waals surface area contributed by atoms with Crippen molar-refractivity contribution in [2.45, 2.75) is 51.9 Å². The lowest BCUT2D eigenvalue weighted by atomic mass is 9.98. The van der Waals surface area contributed by atoms with Crippen LogP contribution in [0.3, 0.4) is 0 Å². The minimum absolute atomic E-state index is 0.565. The van der Waals surface area contributed by atoms with Crippen LogP contribution < -0.4 is 0 Å². The molecule has 2 nitrogen and oxygen atoms in total. The number of unbranched alkanes of at least 4 members (excludes halogenated alkanes) is 6. The first kappa shape index (κ1) is 14.4. The van der Waals surface area contributed by atoms with E-state index in [2.05, 4.69) is 6.92 Å². The van der Waals surface area contributed by atoms with Gasteiger partial charge in [-0.05, 0) is 18.6 Å². The molecule has 0 aliphatic carbocycles. The normalized spacial score (nSPS) is 11.4. The summed E-state index contributed by atoms with van der Waals surface area (Å²) in [4.78, 5) is 0. The summed E-state index contributed by atoms with van der Waals surface area (Å²) in [7, 11) is -0.360. The van der Waals surface area contributed by atoms with Gasteiger partial charge in [0.1, 0.15) is 0 Å². The summed E-state index contributed by atoms with van der Waals surface area (Å²) in [6.45, 7) is 2.24. The fourth-order valence-corrected chi connectivity index (χ4v) is 2.40. The highest BCUT2D eigenvalue weighted by Gasteiger charge is 2.04. The maximum absolute atomic E-state index is 8.61. The van der Waals surface area contributed by atoms with E-state index in [0.29, 0.717) is 6.06 Å². The van der Waals surface area contributed by atoms with Gasteiger partial charge in [-0.25, -0.2) is 0 Å². The van der Waals surface area contributed by atoms with Crippen LogP contribution in [0.1, 0.15) is 51.9 Å². The SMILES string of the molecule is CCCCCCCCCPCB(O)O. The number of hydrogen-bond acceptors (Lipinski definition) is 2. The molecule has 84 valence electrons. The Hall–Kier alpha value is 0.415. The Balaban J connectivity index is 2.85. The van der Waals surface area contributed by atoms with Gasteiger partial charge < -0.3 is 10.0 Å². The maximum Gasteiger partial charge on any atom is 0.455 e. The maximum atomic E-state index is 8.61. The van der Waals surface area contributed by atoms with E-state index in [1.165, 1.54) is 51.1 Å². The van der Waals surface area contributed by atoms with Gasteiger partial charge in [0.05, 0.1) is 0 Å². The highest BCUT2D eigenvalue weighted by atomic mass is 31.1. The Labute approximate surface area is 90.4 Å². The zero-order valence-electron chi connectivity index (χ0n) is 9.34. The number of hydrogen-bond donors (Lipinski definition) is 2. The Kier molecular flexibility index (Phi) is 11.8. The third-order valence-corrected chi connectivity index (χ3v) is 3.64. The molecule has 0 amide bonds. The van der Waals surface area contributed by atoms with E-state index in [0.717, 1.165) is 8.58 Å². The van der Waals surface area contributed by atoms with E-state index in [9.17, 15) is 0 Å². The van der Waals surface area contributed by atoms with Gasteiger partial charge in [-0.3, -0.25) is 0 Å². The molecule has 0 aliphatic rings. The van der Waals surface area contributed by atoms with Crippen LogP contribution in [-0.2, 0) is 0 Å².